The molecule has 1 unspecified atom stereocenters. The lowest BCUT2D eigenvalue weighted by Crippen LogP contribution is -2.13. The predicted octanol–water partition coefficient (Wildman–Crippen LogP) is 2.76. The molecule has 0 aliphatic heterocycles. The standard InChI is InChI=1S/C11H12ClFN2O/c1-6(5-14)2-10-15-9-4-7(13)3-8(12)11(9)16-10/h3-4,6H,2,5,14H2,1H3. The van der Waals surface area contributed by atoms with Gasteiger partial charge in [-0.25, -0.2) is 9.37 Å². The van der Waals surface area contributed by atoms with Gasteiger partial charge < -0.3 is 10.2 Å². The van der Waals surface area contributed by atoms with Crippen LogP contribution in [0.3, 0.4) is 0 Å². The van der Waals surface area contributed by atoms with Crippen molar-refractivity contribution in [3.05, 3.63) is 28.9 Å². The number of aromatic nitrogens is 1. The highest BCUT2D eigenvalue weighted by Crippen LogP contribution is 2.26. The second-order valence-electron chi connectivity index (χ2n) is 3.89. The molecule has 86 valence electrons. The van der Waals surface area contributed by atoms with Crippen molar-refractivity contribution in [2.45, 2.75) is 13.3 Å². The van der Waals surface area contributed by atoms with Crippen molar-refractivity contribution in [1.29, 1.82) is 0 Å². The summed E-state index contributed by atoms with van der Waals surface area (Å²) in [5.41, 5.74) is 6.39. The highest BCUT2D eigenvalue weighted by Gasteiger charge is 2.12. The van der Waals surface area contributed by atoms with E-state index in [9.17, 15) is 4.39 Å². The molecule has 0 saturated carbocycles. The predicted molar refractivity (Wildman–Crippen MR) is 60.9 cm³/mol. The number of rotatable bonds is 3. The number of nitrogens with two attached hydrogens (primary N) is 1. The molecule has 1 heterocycles. The number of oxazole rings is 1. The fourth-order valence-electron chi connectivity index (χ4n) is 1.47. The zero-order valence-electron chi connectivity index (χ0n) is 8.84. The molecule has 16 heavy (non-hydrogen) atoms. The molecule has 2 N–H and O–H groups in total. The van der Waals surface area contributed by atoms with E-state index in [1.807, 2.05) is 6.92 Å². The minimum atomic E-state index is -0.413. The first-order valence-corrected chi connectivity index (χ1v) is 5.42. The second kappa shape index (κ2) is 4.39. The van der Waals surface area contributed by atoms with Gasteiger partial charge in [-0.3, -0.25) is 0 Å². The minimum Gasteiger partial charge on any atom is -0.439 e. The number of halogens is 2. The molecular formula is C11H12ClFN2O. The van der Waals surface area contributed by atoms with Gasteiger partial charge in [0.15, 0.2) is 11.5 Å². The molecule has 0 spiro atoms. The second-order valence-corrected chi connectivity index (χ2v) is 4.30. The third kappa shape index (κ3) is 2.18. The van der Waals surface area contributed by atoms with Gasteiger partial charge in [0.1, 0.15) is 11.3 Å². The van der Waals surface area contributed by atoms with Gasteiger partial charge in [-0.1, -0.05) is 18.5 Å². The Morgan fingerprint density at radius 1 is 1.56 bits per heavy atom. The van der Waals surface area contributed by atoms with E-state index in [2.05, 4.69) is 4.98 Å². The van der Waals surface area contributed by atoms with Crippen molar-refractivity contribution < 1.29 is 8.81 Å². The quantitative estimate of drug-likeness (QED) is 0.901. The molecule has 0 aliphatic carbocycles. The molecule has 1 atom stereocenters. The van der Waals surface area contributed by atoms with Crippen molar-refractivity contribution in [3.8, 4) is 0 Å². The Morgan fingerprint density at radius 3 is 3.00 bits per heavy atom. The van der Waals surface area contributed by atoms with Gasteiger partial charge in [0.25, 0.3) is 0 Å². The van der Waals surface area contributed by atoms with E-state index in [1.165, 1.54) is 12.1 Å². The highest BCUT2D eigenvalue weighted by molar-refractivity contribution is 6.34. The summed E-state index contributed by atoms with van der Waals surface area (Å²) in [5, 5.41) is 0.245. The lowest BCUT2D eigenvalue weighted by Gasteiger charge is -2.02. The average Bonchev–Trinajstić information content (AvgIpc) is 2.60. The molecule has 0 amide bonds. The summed E-state index contributed by atoms with van der Waals surface area (Å²) in [6, 6.07) is 2.52. The topological polar surface area (TPSA) is 52.0 Å². The van der Waals surface area contributed by atoms with Crippen LogP contribution < -0.4 is 5.73 Å². The third-order valence-electron chi connectivity index (χ3n) is 2.38. The van der Waals surface area contributed by atoms with Crippen molar-refractivity contribution in [2.24, 2.45) is 11.7 Å². The van der Waals surface area contributed by atoms with Gasteiger partial charge in [0.2, 0.25) is 0 Å². The number of hydrogen-bond donors (Lipinski definition) is 1. The summed E-state index contributed by atoms with van der Waals surface area (Å²) in [5.74, 6) is 0.404. The molecule has 3 nitrogen and oxygen atoms in total. The van der Waals surface area contributed by atoms with Gasteiger partial charge >= 0.3 is 0 Å². The van der Waals surface area contributed by atoms with Gasteiger partial charge in [-0.05, 0) is 18.5 Å². The van der Waals surface area contributed by atoms with Crippen LogP contribution in [0.1, 0.15) is 12.8 Å². The zero-order valence-corrected chi connectivity index (χ0v) is 9.59. The van der Waals surface area contributed by atoms with Crippen molar-refractivity contribution in [1.82, 2.24) is 4.98 Å². The average molecular weight is 243 g/mol. The number of fused-ring (bicyclic) bond motifs is 1. The molecule has 1 aromatic carbocycles. The van der Waals surface area contributed by atoms with E-state index in [1.54, 1.807) is 0 Å². The van der Waals surface area contributed by atoms with E-state index in [-0.39, 0.29) is 10.9 Å². The smallest absolute Gasteiger partial charge is 0.195 e. The Labute approximate surface area is 97.4 Å². The summed E-state index contributed by atoms with van der Waals surface area (Å²) >= 11 is 5.85. The van der Waals surface area contributed by atoms with Crippen LogP contribution >= 0.6 is 11.6 Å². The van der Waals surface area contributed by atoms with Crippen LogP contribution in [-0.4, -0.2) is 11.5 Å². The molecule has 2 aromatic rings. The Hall–Kier alpha value is -1.13. The van der Waals surface area contributed by atoms with Gasteiger partial charge in [0.05, 0.1) is 5.02 Å². The summed E-state index contributed by atoms with van der Waals surface area (Å²) in [4.78, 5) is 4.18. The summed E-state index contributed by atoms with van der Waals surface area (Å²) in [7, 11) is 0. The normalized spacial score (nSPS) is 13.2. The van der Waals surface area contributed by atoms with Crippen LogP contribution in [0.2, 0.25) is 5.02 Å². The largest absolute Gasteiger partial charge is 0.439 e. The van der Waals surface area contributed by atoms with Crippen LogP contribution in [0.25, 0.3) is 11.1 Å². The van der Waals surface area contributed by atoms with Crippen LogP contribution in [-0.2, 0) is 6.42 Å². The highest BCUT2D eigenvalue weighted by atomic mass is 35.5. The maximum absolute atomic E-state index is 13.0. The summed E-state index contributed by atoms with van der Waals surface area (Å²) < 4.78 is 18.5. The molecule has 0 bridgehead atoms. The minimum absolute atomic E-state index is 0.245. The molecule has 1 aromatic heterocycles. The fourth-order valence-corrected chi connectivity index (χ4v) is 1.71. The monoisotopic (exact) mass is 242 g/mol. The van der Waals surface area contributed by atoms with E-state index in [0.717, 1.165) is 0 Å². The van der Waals surface area contributed by atoms with Crippen LogP contribution in [0.5, 0.6) is 0 Å². The fraction of sp³-hybridized carbons (Fsp3) is 0.364. The molecule has 2 rings (SSSR count). The molecular weight excluding hydrogens is 231 g/mol. The Bertz CT molecular complexity index is 512. The molecule has 0 saturated heterocycles. The maximum Gasteiger partial charge on any atom is 0.195 e. The van der Waals surface area contributed by atoms with E-state index >= 15 is 0 Å². The van der Waals surface area contributed by atoms with Crippen molar-refractivity contribution in [2.75, 3.05) is 6.54 Å². The molecule has 5 heteroatoms. The third-order valence-corrected chi connectivity index (χ3v) is 2.66. The number of hydrogen-bond acceptors (Lipinski definition) is 3. The molecule has 0 fully saturated rings. The SMILES string of the molecule is CC(CN)Cc1nc2cc(F)cc(Cl)c2o1. The van der Waals surface area contributed by atoms with E-state index in [0.29, 0.717) is 30.0 Å². The van der Waals surface area contributed by atoms with Crippen LogP contribution in [0, 0.1) is 11.7 Å². The van der Waals surface area contributed by atoms with Crippen LogP contribution in [0.4, 0.5) is 4.39 Å². The number of benzene rings is 1. The molecule has 0 aliphatic rings. The zero-order chi connectivity index (χ0) is 11.7. The molecule has 0 radical (unpaired) electrons. The van der Waals surface area contributed by atoms with Crippen molar-refractivity contribution >= 4 is 22.7 Å². The first-order chi connectivity index (χ1) is 7.60. The first-order valence-electron chi connectivity index (χ1n) is 5.04. The van der Waals surface area contributed by atoms with Crippen LogP contribution in [0.15, 0.2) is 16.5 Å². The van der Waals surface area contributed by atoms with Gasteiger partial charge in [-0.2, -0.15) is 0 Å². The maximum atomic E-state index is 13.0. The van der Waals surface area contributed by atoms with Gasteiger partial charge in [-0.15, -0.1) is 0 Å². The summed E-state index contributed by atoms with van der Waals surface area (Å²) in [6.45, 7) is 2.55. The Kier molecular flexibility index (Phi) is 3.12. The number of nitrogens with zero attached hydrogens (tertiary/aromatic N) is 1. The lowest BCUT2D eigenvalue weighted by molar-refractivity contribution is 0.468. The lowest BCUT2D eigenvalue weighted by atomic mass is 10.1. The van der Waals surface area contributed by atoms with Crippen molar-refractivity contribution in [3.63, 3.8) is 0 Å². The Morgan fingerprint density at radius 2 is 2.31 bits per heavy atom. The van der Waals surface area contributed by atoms with E-state index < -0.39 is 5.82 Å². The first kappa shape index (κ1) is 11.4. The van der Waals surface area contributed by atoms with Gasteiger partial charge in [0, 0.05) is 12.5 Å². The van der Waals surface area contributed by atoms with E-state index in [4.69, 9.17) is 21.8 Å². The Balaban J connectivity index is 2.40. The summed E-state index contributed by atoms with van der Waals surface area (Å²) in [6.07, 6.45) is 0.628.